The van der Waals surface area contributed by atoms with Gasteiger partial charge in [-0.05, 0) is 46.3 Å². The molecule has 0 aliphatic carbocycles. The predicted molar refractivity (Wildman–Crippen MR) is 74.5 cm³/mol. The van der Waals surface area contributed by atoms with E-state index in [-0.39, 0.29) is 16.3 Å². The summed E-state index contributed by atoms with van der Waals surface area (Å²) in [4.78, 5) is 0.222. The Kier molecular flexibility index (Phi) is 5.58. The maximum atomic E-state index is 13.8. The van der Waals surface area contributed by atoms with Crippen molar-refractivity contribution >= 4 is 31.9 Å². The minimum absolute atomic E-state index is 0.171. The van der Waals surface area contributed by atoms with E-state index in [2.05, 4.69) is 45.7 Å². The summed E-state index contributed by atoms with van der Waals surface area (Å²) in [6.07, 6.45) is 0.404. The lowest BCUT2D eigenvalue weighted by molar-refractivity contribution is 0.371. The van der Waals surface area contributed by atoms with Gasteiger partial charge >= 0.3 is 0 Å². The number of benzene rings is 1. The Balaban J connectivity index is 3.05. The molecule has 17 heavy (non-hydrogen) atoms. The van der Waals surface area contributed by atoms with Gasteiger partial charge in [0.1, 0.15) is 11.6 Å². The average Bonchev–Trinajstić information content (AvgIpc) is 2.23. The van der Waals surface area contributed by atoms with Crippen molar-refractivity contribution in [1.29, 1.82) is 0 Å². The molecule has 96 valence electrons. The fourth-order valence-electron chi connectivity index (χ4n) is 1.92. The Morgan fingerprint density at radius 1 is 1.18 bits per heavy atom. The van der Waals surface area contributed by atoms with E-state index < -0.39 is 11.6 Å². The lowest BCUT2D eigenvalue weighted by Crippen LogP contribution is -2.21. The van der Waals surface area contributed by atoms with Crippen molar-refractivity contribution in [2.24, 2.45) is 11.8 Å². The molecule has 0 fully saturated rings. The predicted octanol–water partition coefficient (Wildman–Crippen LogP) is 5.33. The third kappa shape index (κ3) is 3.75. The molecule has 0 amide bonds. The lowest BCUT2D eigenvalue weighted by Gasteiger charge is -2.24. The molecule has 0 bridgehead atoms. The van der Waals surface area contributed by atoms with Gasteiger partial charge in [0.2, 0.25) is 0 Å². The molecule has 0 spiro atoms. The summed E-state index contributed by atoms with van der Waals surface area (Å²) in [5.74, 6) is -0.385. The first-order valence-electron chi connectivity index (χ1n) is 5.61. The lowest BCUT2D eigenvalue weighted by atomic mass is 9.87. The summed E-state index contributed by atoms with van der Waals surface area (Å²) in [7, 11) is 0. The van der Waals surface area contributed by atoms with Crippen LogP contribution >= 0.6 is 31.9 Å². The third-order valence-corrected chi connectivity index (χ3v) is 4.32. The van der Waals surface area contributed by atoms with Crippen LogP contribution in [-0.4, -0.2) is 4.83 Å². The molecule has 0 nitrogen and oxygen atoms in total. The molecular weight excluding hydrogens is 354 g/mol. The molecule has 0 saturated heterocycles. The van der Waals surface area contributed by atoms with Gasteiger partial charge in [0, 0.05) is 10.4 Å². The Morgan fingerprint density at radius 2 is 1.76 bits per heavy atom. The number of hydrogen-bond acceptors (Lipinski definition) is 0. The van der Waals surface area contributed by atoms with E-state index in [1.807, 2.05) is 6.92 Å². The van der Waals surface area contributed by atoms with Gasteiger partial charge in [-0.15, -0.1) is 0 Å². The second-order valence-electron chi connectivity index (χ2n) is 4.61. The molecule has 0 heterocycles. The zero-order valence-corrected chi connectivity index (χ0v) is 13.3. The maximum Gasteiger partial charge on any atom is 0.143 e. The Bertz CT molecular complexity index is 381. The van der Waals surface area contributed by atoms with Crippen molar-refractivity contribution in [3.8, 4) is 0 Å². The molecule has 2 unspecified atom stereocenters. The summed E-state index contributed by atoms with van der Waals surface area (Å²) < 4.78 is 27.8. The molecular formula is C13H16Br2F2. The molecule has 0 N–H and O–H groups in total. The maximum absolute atomic E-state index is 13.8. The van der Waals surface area contributed by atoms with Crippen LogP contribution in [0.1, 0.15) is 26.3 Å². The van der Waals surface area contributed by atoms with Crippen LogP contribution < -0.4 is 0 Å². The van der Waals surface area contributed by atoms with E-state index in [9.17, 15) is 8.78 Å². The summed E-state index contributed by atoms with van der Waals surface area (Å²) in [5.41, 5.74) is 0.171. The van der Waals surface area contributed by atoms with E-state index in [4.69, 9.17) is 0 Å². The highest BCUT2D eigenvalue weighted by atomic mass is 79.9. The summed E-state index contributed by atoms with van der Waals surface area (Å²) in [5, 5.41) is 0. The van der Waals surface area contributed by atoms with E-state index in [0.717, 1.165) is 0 Å². The first kappa shape index (κ1) is 15.1. The number of hydrogen-bond donors (Lipinski definition) is 0. The summed E-state index contributed by atoms with van der Waals surface area (Å²) in [6.45, 7) is 6.14. The number of rotatable bonds is 4. The average molecular weight is 370 g/mol. The van der Waals surface area contributed by atoms with Gasteiger partial charge in [-0.1, -0.05) is 36.7 Å². The van der Waals surface area contributed by atoms with Crippen molar-refractivity contribution in [1.82, 2.24) is 0 Å². The molecule has 1 aromatic rings. The molecule has 1 aromatic carbocycles. The highest BCUT2D eigenvalue weighted by Crippen LogP contribution is 2.30. The topological polar surface area (TPSA) is 0 Å². The minimum Gasteiger partial charge on any atom is -0.207 e. The van der Waals surface area contributed by atoms with E-state index in [1.165, 1.54) is 12.1 Å². The second kappa shape index (κ2) is 6.28. The summed E-state index contributed by atoms with van der Waals surface area (Å²) >= 11 is 6.60. The standard InChI is InChI=1S/C13H16Br2F2/c1-7(2)9(8(3)14)6-10-12(16)5-4-11(15)13(10)17/h4-5,7-9H,6H2,1-3H3. The van der Waals surface area contributed by atoms with Gasteiger partial charge in [-0.3, -0.25) is 0 Å². The molecule has 0 aliphatic rings. The fourth-order valence-corrected chi connectivity index (χ4v) is 3.09. The van der Waals surface area contributed by atoms with Crippen LogP contribution in [0.4, 0.5) is 8.78 Å². The zero-order valence-electron chi connectivity index (χ0n) is 10.1. The van der Waals surface area contributed by atoms with Gasteiger partial charge in [0.15, 0.2) is 0 Å². The SMILES string of the molecule is CC(C)C(Cc1c(F)ccc(Br)c1F)C(C)Br. The molecule has 0 aliphatic heterocycles. The Morgan fingerprint density at radius 3 is 2.24 bits per heavy atom. The monoisotopic (exact) mass is 368 g/mol. The van der Waals surface area contributed by atoms with Crippen LogP contribution in [0.15, 0.2) is 16.6 Å². The molecule has 1 rings (SSSR count). The van der Waals surface area contributed by atoms with Crippen molar-refractivity contribution in [2.75, 3.05) is 0 Å². The van der Waals surface area contributed by atoms with Crippen LogP contribution in [0.3, 0.4) is 0 Å². The van der Waals surface area contributed by atoms with Gasteiger partial charge in [-0.2, -0.15) is 0 Å². The fraction of sp³-hybridized carbons (Fsp3) is 0.538. The van der Waals surface area contributed by atoms with Crippen LogP contribution in [0.5, 0.6) is 0 Å². The number of halogens is 4. The number of alkyl halides is 1. The van der Waals surface area contributed by atoms with Crippen molar-refractivity contribution < 1.29 is 8.78 Å². The second-order valence-corrected chi connectivity index (χ2v) is 6.91. The molecule has 0 aromatic heterocycles. The Hall–Kier alpha value is 0.0400. The van der Waals surface area contributed by atoms with E-state index in [0.29, 0.717) is 16.8 Å². The largest absolute Gasteiger partial charge is 0.207 e. The minimum atomic E-state index is -0.483. The van der Waals surface area contributed by atoms with Crippen molar-refractivity contribution in [3.05, 3.63) is 33.8 Å². The molecule has 2 atom stereocenters. The highest BCUT2D eigenvalue weighted by Gasteiger charge is 2.23. The van der Waals surface area contributed by atoms with Gasteiger partial charge < -0.3 is 0 Å². The van der Waals surface area contributed by atoms with Gasteiger partial charge in [-0.25, -0.2) is 8.78 Å². The third-order valence-electron chi connectivity index (χ3n) is 3.03. The van der Waals surface area contributed by atoms with Gasteiger partial charge in [0.25, 0.3) is 0 Å². The van der Waals surface area contributed by atoms with Crippen molar-refractivity contribution in [3.63, 3.8) is 0 Å². The quantitative estimate of drug-likeness (QED) is 0.497. The smallest absolute Gasteiger partial charge is 0.143 e. The highest BCUT2D eigenvalue weighted by molar-refractivity contribution is 9.10. The van der Waals surface area contributed by atoms with Crippen LogP contribution in [0, 0.1) is 23.5 Å². The normalized spacial score (nSPS) is 15.1. The summed E-state index contributed by atoms with van der Waals surface area (Å²) in [6, 6.07) is 2.70. The van der Waals surface area contributed by atoms with E-state index in [1.54, 1.807) is 0 Å². The van der Waals surface area contributed by atoms with Crippen molar-refractivity contribution in [2.45, 2.75) is 32.0 Å². The molecule has 4 heteroatoms. The van der Waals surface area contributed by atoms with E-state index >= 15 is 0 Å². The first-order chi connectivity index (χ1) is 7.84. The molecule has 0 radical (unpaired) electrons. The van der Waals surface area contributed by atoms with Crippen LogP contribution in [-0.2, 0) is 6.42 Å². The molecule has 0 saturated carbocycles. The van der Waals surface area contributed by atoms with Gasteiger partial charge in [0.05, 0.1) is 4.47 Å². The Labute approximate surface area is 118 Å². The zero-order chi connectivity index (χ0) is 13.2. The first-order valence-corrected chi connectivity index (χ1v) is 7.32. The van der Waals surface area contributed by atoms with Crippen LogP contribution in [0.2, 0.25) is 0 Å². The van der Waals surface area contributed by atoms with Crippen LogP contribution in [0.25, 0.3) is 0 Å².